The van der Waals surface area contributed by atoms with Crippen LogP contribution in [0.1, 0.15) is 49.8 Å². The number of thioether (sulfide) groups is 1. The summed E-state index contributed by atoms with van der Waals surface area (Å²) in [5, 5.41) is 3.83. The molecule has 2 atom stereocenters. The molecule has 1 aromatic carbocycles. The number of hydrogen-bond donors (Lipinski definition) is 1. The number of benzene rings is 1. The lowest BCUT2D eigenvalue weighted by Crippen LogP contribution is -2.47. The van der Waals surface area contributed by atoms with Crippen LogP contribution in [0.4, 0.5) is 0 Å². The summed E-state index contributed by atoms with van der Waals surface area (Å²) in [5.74, 6) is 1.33. The molecule has 112 valence electrons. The fourth-order valence-corrected chi connectivity index (χ4v) is 4.68. The number of aryl methyl sites for hydroxylation is 2. The Morgan fingerprint density at radius 1 is 1.30 bits per heavy atom. The van der Waals surface area contributed by atoms with Gasteiger partial charge in [0.1, 0.15) is 0 Å². The van der Waals surface area contributed by atoms with Crippen LogP contribution in [0.3, 0.4) is 0 Å². The van der Waals surface area contributed by atoms with Crippen LogP contribution in [0.15, 0.2) is 18.2 Å². The maximum atomic E-state index is 3.83. The Hall–Kier alpha value is -0.470. The minimum atomic E-state index is 0.407. The molecule has 0 bridgehead atoms. The topological polar surface area (TPSA) is 12.0 Å². The zero-order chi connectivity index (χ0) is 14.6. The van der Waals surface area contributed by atoms with E-state index in [9.17, 15) is 0 Å². The third-order valence-corrected chi connectivity index (χ3v) is 6.32. The quantitative estimate of drug-likeness (QED) is 0.828. The molecule has 1 N–H and O–H groups in total. The van der Waals surface area contributed by atoms with Crippen LogP contribution >= 0.6 is 11.8 Å². The van der Waals surface area contributed by atoms with Crippen molar-refractivity contribution in [3.8, 4) is 0 Å². The molecule has 1 aliphatic heterocycles. The molecular formula is C18H29NS. The van der Waals surface area contributed by atoms with Crippen molar-refractivity contribution >= 4 is 11.8 Å². The second kappa shape index (κ2) is 7.00. The van der Waals surface area contributed by atoms with Gasteiger partial charge in [0.2, 0.25) is 0 Å². The van der Waals surface area contributed by atoms with E-state index in [-0.39, 0.29) is 0 Å². The van der Waals surface area contributed by atoms with Crippen LogP contribution in [0.5, 0.6) is 0 Å². The Morgan fingerprint density at radius 2 is 2.00 bits per heavy atom. The van der Waals surface area contributed by atoms with Gasteiger partial charge < -0.3 is 5.32 Å². The van der Waals surface area contributed by atoms with E-state index < -0.39 is 0 Å². The molecule has 1 aliphatic rings. The summed E-state index contributed by atoms with van der Waals surface area (Å²) in [6.07, 6.45) is 5.11. The first-order chi connectivity index (χ1) is 9.57. The van der Waals surface area contributed by atoms with Crippen molar-refractivity contribution in [1.29, 1.82) is 0 Å². The van der Waals surface area contributed by atoms with Gasteiger partial charge in [-0.1, -0.05) is 25.1 Å². The molecule has 0 aromatic heterocycles. The lowest BCUT2D eigenvalue weighted by molar-refractivity contribution is 0.398. The average molecular weight is 292 g/mol. The van der Waals surface area contributed by atoms with Gasteiger partial charge in [-0.3, -0.25) is 0 Å². The van der Waals surface area contributed by atoms with E-state index >= 15 is 0 Å². The second-order valence-electron chi connectivity index (χ2n) is 6.35. The summed E-state index contributed by atoms with van der Waals surface area (Å²) in [5.41, 5.74) is 4.44. The summed E-state index contributed by atoms with van der Waals surface area (Å²) < 4.78 is 0.407. The largest absolute Gasteiger partial charge is 0.312 e. The highest BCUT2D eigenvalue weighted by molar-refractivity contribution is 8.00. The maximum Gasteiger partial charge on any atom is 0.0288 e. The van der Waals surface area contributed by atoms with Gasteiger partial charge >= 0.3 is 0 Å². The van der Waals surface area contributed by atoms with Crippen molar-refractivity contribution in [2.24, 2.45) is 0 Å². The highest BCUT2D eigenvalue weighted by Gasteiger charge is 2.37. The molecule has 2 heteroatoms. The molecule has 1 nitrogen and oxygen atoms in total. The molecule has 0 saturated carbocycles. The smallest absolute Gasteiger partial charge is 0.0288 e. The first-order valence-corrected chi connectivity index (χ1v) is 8.98. The maximum absolute atomic E-state index is 3.83. The van der Waals surface area contributed by atoms with Crippen LogP contribution in [0.25, 0.3) is 0 Å². The molecule has 0 spiro atoms. The Kier molecular flexibility index (Phi) is 5.57. The summed E-state index contributed by atoms with van der Waals surface area (Å²) >= 11 is 2.17. The Morgan fingerprint density at radius 3 is 2.55 bits per heavy atom. The van der Waals surface area contributed by atoms with E-state index in [1.807, 2.05) is 0 Å². The predicted molar refractivity (Wildman–Crippen MR) is 91.8 cm³/mol. The van der Waals surface area contributed by atoms with E-state index in [0.29, 0.717) is 10.8 Å². The minimum absolute atomic E-state index is 0.407. The molecule has 0 radical (unpaired) electrons. The molecule has 20 heavy (non-hydrogen) atoms. The van der Waals surface area contributed by atoms with Crippen molar-refractivity contribution in [2.75, 3.05) is 12.3 Å². The lowest BCUT2D eigenvalue weighted by atomic mass is 9.87. The highest BCUT2D eigenvalue weighted by Crippen LogP contribution is 2.41. The monoisotopic (exact) mass is 291 g/mol. The van der Waals surface area contributed by atoms with Crippen molar-refractivity contribution < 1.29 is 0 Å². The first-order valence-electron chi connectivity index (χ1n) is 7.99. The molecule has 0 aliphatic carbocycles. The summed E-state index contributed by atoms with van der Waals surface area (Å²) in [7, 11) is 0. The third-order valence-electron chi connectivity index (χ3n) is 4.68. The lowest BCUT2D eigenvalue weighted by Gasteiger charge is -2.35. The molecule has 1 heterocycles. The van der Waals surface area contributed by atoms with Crippen LogP contribution in [-0.2, 0) is 6.42 Å². The fourth-order valence-electron chi connectivity index (χ4n) is 3.27. The molecule has 0 amide bonds. The molecule has 2 unspecified atom stereocenters. The molecule has 1 saturated heterocycles. The van der Waals surface area contributed by atoms with E-state index in [4.69, 9.17) is 0 Å². The van der Waals surface area contributed by atoms with Crippen molar-refractivity contribution in [3.05, 3.63) is 34.9 Å². The van der Waals surface area contributed by atoms with Crippen molar-refractivity contribution in [2.45, 2.75) is 64.2 Å². The van der Waals surface area contributed by atoms with Gasteiger partial charge in [0, 0.05) is 10.8 Å². The second-order valence-corrected chi connectivity index (χ2v) is 7.98. The SMILES string of the molecule is CCCNC(Cc1c(C)cccc1C)C1(C)CCCS1. The van der Waals surface area contributed by atoms with Gasteiger partial charge in [-0.25, -0.2) is 0 Å². The summed E-state index contributed by atoms with van der Waals surface area (Å²) in [4.78, 5) is 0. The average Bonchev–Trinajstić information content (AvgIpc) is 2.85. The van der Waals surface area contributed by atoms with Gasteiger partial charge in [0.05, 0.1) is 0 Å². The fraction of sp³-hybridized carbons (Fsp3) is 0.667. The van der Waals surface area contributed by atoms with Crippen LogP contribution in [0.2, 0.25) is 0 Å². The van der Waals surface area contributed by atoms with Gasteiger partial charge in [-0.2, -0.15) is 11.8 Å². The standard InChI is InChI=1S/C18H29NS/c1-5-11-19-17(18(4)10-7-12-20-18)13-16-14(2)8-6-9-15(16)3/h6,8-9,17,19H,5,7,10-13H2,1-4H3. The number of nitrogens with one attached hydrogen (secondary N) is 1. The highest BCUT2D eigenvalue weighted by atomic mass is 32.2. The van der Waals surface area contributed by atoms with E-state index in [1.54, 1.807) is 5.56 Å². The molecule has 1 aromatic rings. The molecule has 1 fully saturated rings. The zero-order valence-electron chi connectivity index (χ0n) is 13.5. The molecule has 2 rings (SSSR count). The van der Waals surface area contributed by atoms with Gasteiger partial charge in [-0.05, 0) is 75.4 Å². The van der Waals surface area contributed by atoms with Crippen LogP contribution in [-0.4, -0.2) is 23.1 Å². The Labute approximate surface area is 128 Å². The van der Waals surface area contributed by atoms with E-state index in [1.165, 1.54) is 42.6 Å². The van der Waals surface area contributed by atoms with Crippen LogP contribution in [0, 0.1) is 13.8 Å². The van der Waals surface area contributed by atoms with Crippen molar-refractivity contribution in [3.63, 3.8) is 0 Å². The zero-order valence-corrected chi connectivity index (χ0v) is 14.3. The summed E-state index contributed by atoms with van der Waals surface area (Å²) in [6.45, 7) is 10.4. The normalized spacial score (nSPS) is 24.0. The third kappa shape index (κ3) is 3.59. The van der Waals surface area contributed by atoms with Gasteiger partial charge in [0.15, 0.2) is 0 Å². The Bertz CT molecular complexity index is 415. The summed E-state index contributed by atoms with van der Waals surface area (Å²) in [6, 6.07) is 7.27. The van der Waals surface area contributed by atoms with Crippen molar-refractivity contribution in [1.82, 2.24) is 5.32 Å². The predicted octanol–water partition coefficient (Wildman–Crippen LogP) is 4.50. The van der Waals surface area contributed by atoms with Gasteiger partial charge in [0.25, 0.3) is 0 Å². The Balaban J connectivity index is 2.19. The first kappa shape index (κ1) is 15.9. The minimum Gasteiger partial charge on any atom is -0.312 e. The number of hydrogen-bond acceptors (Lipinski definition) is 2. The van der Waals surface area contributed by atoms with E-state index in [2.05, 4.69) is 63.0 Å². The van der Waals surface area contributed by atoms with Gasteiger partial charge in [-0.15, -0.1) is 0 Å². The van der Waals surface area contributed by atoms with Crippen LogP contribution < -0.4 is 5.32 Å². The molecular weight excluding hydrogens is 262 g/mol. The number of rotatable bonds is 6. The van der Waals surface area contributed by atoms with E-state index in [0.717, 1.165) is 6.54 Å².